The minimum atomic E-state index is -0.156. The average molecular weight is 363 g/mol. The number of ether oxygens (including phenoxy) is 1. The summed E-state index contributed by atoms with van der Waals surface area (Å²) in [4.78, 5) is 23.7. The van der Waals surface area contributed by atoms with Crippen molar-refractivity contribution < 1.29 is 9.53 Å². The molecule has 1 heterocycles. The smallest absolute Gasteiger partial charge is 0.266 e. The number of aryl methyl sites for hydroxylation is 1. The molecule has 0 unspecified atom stereocenters. The number of carbonyl (C=O) groups excluding carboxylic acids is 1. The van der Waals surface area contributed by atoms with Crippen molar-refractivity contribution in [3.8, 4) is 17.0 Å². The number of hydrogen-bond donors (Lipinski definition) is 1. The highest BCUT2D eigenvalue weighted by molar-refractivity contribution is 5.92. The van der Waals surface area contributed by atoms with Crippen LogP contribution in [0, 0.1) is 0 Å². The van der Waals surface area contributed by atoms with E-state index in [1.807, 2.05) is 55.5 Å². The molecule has 1 N–H and O–H groups in total. The zero-order chi connectivity index (χ0) is 19.2. The van der Waals surface area contributed by atoms with Crippen molar-refractivity contribution >= 4 is 11.6 Å². The Balaban J connectivity index is 1.62. The minimum Gasteiger partial charge on any atom is -0.494 e. The van der Waals surface area contributed by atoms with Crippen LogP contribution >= 0.6 is 0 Å². The molecule has 0 spiro atoms. The third-order valence-corrected chi connectivity index (χ3v) is 4.02. The summed E-state index contributed by atoms with van der Waals surface area (Å²) in [7, 11) is 1.61. The number of benzene rings is 2. The van der Waals surface area contributed by atoms with E-state index in [1.54, 1.807) is 13.1 Å². The maximum absolute atomic E-state index is 12.2. The Kier molecular flexibility index (Phi) is 5.66. The molecule has 0 aliphatic carbocycles. The van der Waals surface area contributed by atoms with E-state index >= 15 is 0 Å². The third-order valence-electron chi connectivity index (χ3n) is 4.02. The number of amides is 1. The molecule has 3 aromatic rings. The predicted octanol–water partition coefficient (Wildman–Crippen LogP) is 3.03. The summed E-state index contributed by atoms with van der Waals surface area (Å²) < 4.78 is 6.69. The van der Waals surface area contributed by atoms with Crippen LogP contribution < -0.4 is 15.6 Å². The Bertz CT molecular complexity index is 977. The summed E-state index contributed by atoms with van der Waals surface area (Å²) >= 11 is 0. The molecule has 0 radical (unpaired) electrons. The van der Waals surface area contributed by atoms with Crippen LogP contribution in [-0.4, -0.2) is 22.3 Å². The lowest BCUT2D eigenvalue weighted by Crippen LogP contribution is -2.18. The van der Waals surface area contributed by atoms with Gasteiger partial charge in [-0.3, -0.25) is 9.59 Å². The fourth-order valence-corrected chi connectivity index (χ4v) is 2.64. The van der Waals surface area contributed by atoms with Crippen molar-refractivity contribution in [1.29, 1.82) is 0 Å². The zero-order valence-corrected chi connectivity index (χ0v) is 15.3. The lowest BCUT2D eigenvalue weighted by Gasteiger charge is -2.08. The van der Waals surface area contributed by atoms with Gasteiger partial charge in [-0.1, -0.05) is 24.3 Å². The number of nitrogens with zero attached hydrogens (tertiary/aromatic N) is 2. The fourth-order valence-electron chi connectivity index (χ4n) is 2.64. The largest absolute Gasteiger partial charge is 0.494 e. The topological polar surface area (TPSA) is 73.2 Å². The number of carbonyl (C=O) groups is 1. The molecule has 0 aliphatic rings. The molecule has 0 saturated heterocycles. The Hall–Kier alpha value is -3.41. The zero-order valence-electron chi connectivity index (χ0n) is 15.3. The molecule has 3 rings (SSSR count). The second-order valence-corrected chi connectivity index (χ2v) is 6.06. The van der Waals surface area contributed by atoms with E-state index in [0.717, 1.165) is 16.9 Å². The first-order valence-corrected chi connectivity index (χ1v) is 8.71. The van der Waals surface area contributed by atoms with E-state index in [0.29, 0.717) is 18.0 Å². The van der Waals surface area contributed by atoms with Crippen LogP contribution in [0.4, 0.5) is 5.69 Å². The van der Waals surface area contributed by atoms with Crippen molar-refractivity contribution in [3.63, 3.8) is 0 Å². The molecule has 0 bridgehead atoms. The van der Waals surface area contributed by atoms with Crippen molar-refractivity contribution in [2.24, 2.45) is 7.05 Å². The van der Waals surface area contributed by atoms with E-state index < -0.39 is 0 Å². The monoisotopic (exact) mass is 363 g/mol. The highest BCUT2D eigenvalue weighted by Gasteiger charge is 2.06. The normalized spacial score (nSPS) is 10.4. The van der Waals surface area contributed by atoms with Gasteiger partial charge in [-0.05, 0) is 42.8 Å². The number of nitrogens with one attached hydrogen (secondary N) is 1. The minimum absolute atomic E-state index is 0.0906. The van der Waals surface area contributed by atoms with Gasteiger partial charge in [0.05, 0.1) is 18.7 Å². The molecular formula is C21H21N3O3. The summed E-state index contributed by atoms with van der Waals surface area (Å²) in [5.74, 6) is 0.705. The predicted molar refractivity (Wildman–Crippen MR) is 105 cm³/mol. The van der Waals surface area contributed by atoms with Crippen LogP contribution in [0.25, 0.3) is 11.3 Å². The molecule has 27 heavy (non-hydrogen) atoms. The first kappa shape index (κ1) is 18.4. The van der Waals surface area contributed by atoms with E-state index in [9.17, 15) is 9.59 Å². The van der Waals surface area contributed by atoms with Gasteiger partial charge in [0.2, 0.25) is 5.91 Å². The number of anilines is 1. The van der Waals surface area contributed by atoms with Crippen LogP contribution in [-0.2, 0) is 18.3 Å². The number of aromatic nitrogens is 2. The second-order valence-electron chi connectivity index (χ2n) is 6.06. The van der Waals surface area contributed by atoms with Gasteiger partial charge in [-0.25, -0.2) is 4.68 Å². The van der Waals surface area contributed by atoms with Gasteiger partial charge < -0.3 is 10.1 Å². The van der Waals surface area contributed by atoms with E-state index in [2.05, 4.69) is 10.4 Å². The van der Waals surface area contributed by atoms with Gasteiger partial charge in [-0.15, -0.1) is 0 Å². The quantitative estimate of drug-likeness (QED) is 0.731. The highest BCUT2D eigenvalue weighted by atomic mass is 16.5. The maximum atomic E-state index is 12.2. The lowest BCUT2D eigenvalue weighted by molar-refractivity contribution is -0.115. The highest BCUT2D eigenvalue weighted by Crippen LogP contribution is 2.19. The molecule has 2 aromatic carbocycles. The van der Waals surface area contributed by atoms with Crippen LogP contribution in [0.15, 0.2) is 65.5 Å². The van der Waals surface area contributed by atoms with Crippen LogP contribution in [0.3, 0.4) is 0 Å². The van der Waals surface area contributed by atoms with E-state index in [-0.39, 0.29) is 17.9 Å². The van der Waals surface area contributed by atoms with E-state index in [4.69, 9.17) is 4.74 Å². The molecule has 0 atom stereocenters. The van der Waals surface area contributed by atoms with Gasteiger partial charge >= 0.3 is 0 Å². The molecule has 6 nitrogen and oxygen atoms in total. The van der Waals surface area contributed by atoms with Gasteiger partial charge in [0, 0.05) is 24.4 Å². The summed E-state index contributed by atoms with van der Waals surface area (Å²) in [6, 6.07) is 18.0. The standard InChI is InChI=1S/C21H21N3O3/c1-3-27-18-10-4-15(5-11-18)14-20(25)22-17-8-6-16(7-9-17)19-12-13-21(26)24(2)23-19/h4-13H,3,14H2,1-2H3,(H,22,25). The lowest BCUT2D eigenvalue weighted by atomic mass is 10.1. The molecule has 0 saturated carbocycles. The Morgan fingerprint density at radius 2 is 1.74 bits per heavy atom. The molecule has 6 heteroatoms. The van der Waals surface area contributed by atoms with Crippen LogP contribution in [0.1, 0.15) is 12.5 Å². The van der Waals surface area contributed by atoms with Crippen molar-refractivity contribution in [2.45, 2.75) is 13.3 Å². The van der Waals surface area contributed by atoms with Crippen LogP contribution in [0.2, 0.25) is 0 Å². The molecule has 1 aromatic heterocycles. The fraction of sp³-hybridized carbons (Fsp3) is 0.190. The Morgan fingerprint density at radius 3 is 2.37 bits per heavy atom. The molecule has 0 fully saturated rings. The molecule has 138 valence electrons. The van der Waals surface area contributed by atoms with Gasteiger partial charge in [0.1, 0.15) is 5.75 Å². The Morgan fingerprint density at radius 1 is 1.04 bits per heavy atom. The maximum Gasteiger partial charge on any atom is 0.266 e. The van der Waals surface area contributed by atoms with Gasteiger partial charge in [0.25, 0.3) is 5.56 Å². The third kappa shape index (κ3) is 4.82. The first-order valence-electron chi connectivity index (χ1n) is 8.71. The Labute approximate surface area is 157 Å². The molecule has 0 aliphatic heterocycles. The number of rotatable bonds is 6. The van der Waals surface area contributed by atoms with Crippen molar-refractivity contribution in [3.05, 3.63) is 76.6 Å². The molecule has 1 amide bonds. The second kappa shape index (κ2) is 8.31. The van der Waals surface area contributed by atoms with Crippen molar-refractivity contribution in [1.82, 2.24) is 9.78 Å². The SMILES string of the molecule is CCOc1ccc(CC(=O)Nc2ccc(-c3ccc(=O)n(C)n3)cc2)cc1. The van der Waals surface area contributed by atoms with Crippen molar-refractivity contribution in [2.75, 3.05) is 11.9 Å². The molecular weight excluding hydrogens is 342 g/mol. The average Bonchev–Trinajstić information content (AvgIpc) is 2.66. The summed E-state index contributed by atoms with van der Waals surface area (Å²) in [6.07, 6.45) is 0.288. The van der Waals surface area contributed by atoms with Gasteiger partial charge in [-0.2, -0.15) is 5.10 Å². The summed E-state index contributed by atoms with van der Waals surface area (Å²) in [6.45, 7) is 2.55. The van der Waals surface area contributed by atoms with Gasteiger partial charge in [0.15, 0.2) is 0 Å². The van der Waals surface area contributed by atoms with Crippen LogP contribution in [0.5, 0.6) is 5.75 Å². The van der Waals surface area contributed by atoms with E-state index in [1.165, 1.54) is 10.7 Å². The summed E-state index contributed by atoms with van der Waals surface area (Å²) in [5, 5.41) is 7.10. The summed E-state index contributed by atoms with van der Waals surface area (Å²) in [5.41, 5.74) is 3.04. The first-order chi connectivity index (χ1) is 13.0. The number of hydrogen-bond acceptors (Lipinski definition) is 4.